The van der Waals surface area contributed by atoms with Crippen molar-refractivity contribution in [3.8, 4) is 0 Å². The van der Waals surface area contributed by atoms with E-state index >= 15 is 0 Å². The lowest BCUT2D eigenvalue weighted by Gasteiger charge is -2.32. The first-order valence-electron chi connectivity index (χ1n) is 8.68. The molecule has 0 aliphatic carbocycles. The second-order valence-electron chi connectivity index (χ2n) is 6.30. The molecule has 144 valence electrons. The van der Waals surface area contributed by atoms with Gasteiger partial charge in [0.2, 0.25) is 0 Å². The maximum absolute atomic E-state index is 9.10. The molecule has 1 fully saturated rings. The quantitative estimate of drug-likeness (QED) is 0.635. The molecule has 27 heavy (non-hydrogen) atoms. The number of aliphatic carboxylic acids is 2. The summed E-state index contributed by atoms with van der Waals surface area (Å²) in [6, 6.07) is 19.8. The van der Waals surface area contributed by atoms with Crippen molar-refractivity contribution in [2.75, 3.05) is 18.4 Å². The number of nitrogens with zero attached hydrogens (tertiary/aromatic N) is 1. The number of anilines is 1. The maximum atomic E-state index is 9.10. The Hall–Kier alpha value is -2.38. The lowest BCUT2D eigenvalue weighted by atomic mass is 10.0. The SMILES string of the molecule is Brc1ccc(NC2CCN(Cc3ccccc3)CC2)cc1.O=C(O)C(=O)O. The number of likely N-dealkylation sites (tertiary alicyclic amines) is 1. The predicted octanol–water partition coefficient (Wildman–Crippen LogP) is 3.68. The minimum Gasteiger partial charge on any atom is -0.473 e. The zero-order valence-electron chi connectivity index (χ0n) is 14.8. The molecule has 0 amide bonds. The Kier molecular flexibility index (Phi) is 8.29. The van der Waals surface area contributed by atoms with E-state index in [0.717, 1.165) is 11.0 Å². The average molecular weight is 435 g/mol. The van der Waals surface area contributed by atoms with Crippen molar-refractivity contribution >= 4 is 33.6 Å². The van der Waals surface area contributed by atoms with Crippen LogP contribution in [0.15, 0.2) is 59.1 Å². The summed E-state index contributed by atoms with van der Waals surface area (Å²) < 4.78 is 1.13. The van der Waals surface area contributed by atoms with Crippen LogP contribution in [0.5, 0.6) is 0 Å². The molecule has 3 N–H and O–H groups in total. The largest absolute Gasteiger partial charge is 0.473 e. The lowest BCUT2D eigenvalue weighted by Crippen LogP contribution is -2.38. The number of carbonyl (C=O) groups is 2. The molecule has 0 spiro atoms. The van der Waals surface area contributed by atoms with Crippen LogP contribution < -0.4 is 5.32 Å². The number of halogens is 1. The van der Waals surface area contributed by atoms with Crippen LogP contribution in [0.4, 0.5) is 5.69 Å². The van der Waals surface area contributed by atoms with Crippen LogP contribution in [-0.2, 0) is 16.1 Å². The van der Waals surface area contributed by atoms with Crippen molar-refractivity contribution in [1.29, 1.82) is 0 Å². The van der Waals surface area contributed by atoms with Crippen molar-refractivity contribution in [2.45, 2.75) is 25.4 Å². The van der Waals surface area contributed by atoms with Crippen molar-refractivity contribution in [2.24, 2.45) is 0 Å². The summed E-state index contributed by atoms with van der Waals surface area (Å²) in [7, 11) is 0. The molecular formula is C20H23BrN2O4. The van der Waals surface area contributed by atoms with E-state index in [1.807, 2.05) is 0 Å². The van der Waals surface area contributed by atoms with Crippen LogP contribution in [0.1, 0.15) is 18.4 Å². The summed E-state index contributed by atoms with van der Waals surface area (Å²) in [5, 5.41) is 18.4. The fourth-order valence-corrected chi connectivity index (χ4v) is 3.12. The van der Waals surface area contributed by atoms with Crippen molar-refractivity contribution in [3.05, 3.63) is 64.6 Å². The number of nitrogens with one attached hydrogen (secondary N) is 1. The van der Waals surface area contributed by atoms with E-state index in [-0.39, 0.29) is 0 Å². The highest BCUT2D eigenvalue weighted by Gasteiger charge is 2.18. The van der Waals surface area contributed by atoms with Crippen LogP contribution in [0, 0.1) is 0 Å². The van der Waals surface area contributed by atoms with Crippen LogP contribution in [-0.4, -0.2) is 46.2 Å². The Labute approximate surface area is 166 Å². The number of rotatable bonds is 4. The molecule has 0 saturated carbocycles. The molecule has 0 atom stereocenters. The van der Waals surface area contributed by atoms with E-state index in [1.54, 1.807) is 0 Å². The van der Waals surface area contributed by atoms with Gasteiger partial charge in [-0.2, -0.15) is 0 Å². The van der Waals surface area contributed by atoms with Crippen LogP contribution in [0.25, 0.3) is 0 Å². The number of hydrogen-bond donors (Lipinski definition) is 3. The summed E-state index contributed by atoms with van der Waals surface area (Å²) in [6.45, 7) is 3.41. The van der Waals surface area contributed by atoms with Gasteiger partial charge < -0.3 is 15.5 Å². The summed E-state index contributed by atoms with van der Waals surface area (Å²) >= 11 is 3.48. The van der Waals surface area contributed by atoms with Crippen LogP contribution >= 0.6 is 15.9 Å². The monoisotopic (exact) mass is 434 g/mol. The second kappa shape index (κ2) is 10.7. The third-order valence-corrected chi connectivity index (χ3v) is 4.76. The highest BCUT2D eigenvalue weighted by atomic mass is 79.9. The normalized spacial score (nSPS) is 14.7. The summed E-state index contributed by atoms with van der Waals surface area (Å²) in [4.78, 5) is 20.7. The Bertz CT molecular complexity index is 717. The minimum atomic E-state index is -1.82. The Morgan fingerprint density at radius 1 is 0.963 bits per heavy atom. The van der Waals surface area contributed by atoms with Gasteiger partial charge in [-0.05, 0) is 42.7 Å². The Morgan fingerprint density at radius 3 is 2.04 bits per heavy atom. The molecule has 6 nitrogen and oxygen atoms in total. The van der Waals surface area contributed by atoms with Gasteiger partial charge >= 0.3 is 11.9 Å². The average Bonchev–Trinajstić information content (AvgIpc) is 2.66. The van der Waals surface area contributed by atoms with E-state index < -0.39 is 11.9 Å². The fraction of sp³-hybridized carbons (Fsp3) is 0.300. The Balaban J connectivity index is 0.000000380. The standard InChI is InChI=1S/C18H21BrN2.C2H2O4/c19-16-6-8-17(9-7-16)20-18-10-12-21(13-11-18)14-15-4-2-1-3-5-15;3-1(4)2(5)6/h1-9,18,20H,10-14H2;(H,3,4)(H,5,6). The van der Waals surface area contributed by atoms with Gasteiger partial charge in [-0.15, -0.1) is 0 Å². The first-order valence-corrected chi connectivity index (χ1v) is 9.48. The van der Waals surface area contributed by atoms with Gasteiger partial charge in [0.1, 0.15) is 0 Å². The van der Waals surface area contributed by atoms with Gasteiger partial charge in [-0.25, -0.2) is 9.59 Å². The van der Waals surface area contributed by atoms with E-state index in [0.29, 0.717) is 6.04 Å². The maximum Gasteiger partial charge on any atom is 0.414 e. The Morgan fingerprint density at radius 2 is 1.52 bits per heavy atom. The fourth-order valence-electron chi connectivity index (χ4n) is 2.86. The number of benzene rings is 2. The molecule has 1 saturated heterocycles. The van der Waals surface area contributed by atoms with E-state index in [4.69, 9.17) is 19.8 Å². The van der Waals surface area contributed by atoms with Crippen molar-refractivity contribution in [3.63, 3.8) is 0 Å². The third kappa shape index (κ3) is 7.80. The third-order valence-electron chi connectivity index (χ3n) is 4.23. The zero-order valence-corrected chi connectivity index (χ0v) is 16.4. The predicted molar refractivity (Wildman–Crippen MR) is 108 cm³/mol. The number of carboxylic acid groups (broad SMARTS) is 2. The molecule has 0 unspecified atom stereocenters. The molecule has 1 heterocycles. The molecule has 1 aliphatic heterocycles. The van der Waals surface area contributed by atoms with Crippen LogP contribution in [0.2, 0.25) is 0 Å². The van der Waals surface area contributed by atoms with Gasteiger partial charge in [0.15, 0.2) is 0 Å². The minimum absolute atomic E-state index is 0.596. The molecule has 3 rings (SSSR count). The molecule has 7 heteroatoms. The van der Waals surface area contributed by atoms with Gasteiger partial charge in [0, 0.05) is 35.8 Å². The molecule has 2 aromatic carbocycles. The van der Waals surface area contributed by atoms with Gasteiger partial charge in [-0.1, -0.05) is 46.3 Å². The smallest absolute Gasteiger partial charge is 0.414 e. The van der Waals surface area contributed by atoms with E-state index in [1.165, 1.54) is 37.2 Å². The second-order valence-corrected chi connectivity index (χ2v) is 7.21. The first kappa shape index (κ1) is 20.9. The molecule has 0 bridgehead atoms. The number of piperidine rings is 1. The highest BCUT2D eigenvalue weighted by Crippen LogP contribution is 2.20. The molecular weight excluding hydrogens is 412 g/mol. The summed E-state index contributed by atoms with van der Waals surface area (Å²) in [5.74, 6) is -3.65. The summed E-state index contributed by atoms with van der Waals surface area (Å²) in [5.41, 5.74) is 2.64. The molecule has 2 aromatic rings. The molecule has 0 radical (unpaired) electrons. The highest BCUT2D eigenvalue weighted by molar-refractivity contribution is 9.10. The molecule has 1 aliphatic rings. The van der Waals surface area contributed by atoms with Gasteiger partial charge in [0.05, 0.1) is 0 Å². The first-order chi connectivity index (χ1) is 12.9. The van der Waals surface area contributed by atoms with Crippen molar-refractivity contribution in [1.82, 2.24) is 4.90 Å². The number of carboxylic acids is 2. The number of hydrogen-bond acceptors (Lipinski definition) is 4. The van der Waals surface area contributed by atoms with Crippen LogP contribution in [0.3, 0.4) is 0 Å². The van der Waals surface area contributed by atoms with Crippen molar-refractivity contribution < 1.29 is 19.8 Å². The van der Waals surface area contributed by atoms with E-state index in [9.17, 15) is 0 Å². The zero-order chi connectivity index (χ0) is 19.6. The topological polar surface area (TPSA) is 89.9 Å². The van der Waals surface area contributed by atoms with E-state index in [2.05, 4.69) is 80.7 Å². The summed E-state index contributed by atoms with van der Waals surface area (Å²) in [6.07, 6.45) is 2.42. The lowest BCUT2D eigenvalue weighted by molar-refractivity contribution is -0.159. The van der Waals surface area contributed by atoms with Gasteiger partial charge in [-0.3, -0.25) is 4.90 Å². The van der Waals surface area contributed by atoms with Gasteiger partial charge in [0.25, 0.3) is 0 Å². The molecule has 0 aromatic heterocycles.